The van der Waals surface area contributed by atoms with Crippen LogP contribution in [0.4, 0.5) is 4.39 Å². The lowest BCUT2D eigenvalue weighted by atomic mass is 10.1. The molecule has 1 aliphatic heterocycles. The van der Waals surface area contributed by atoms with Crippen LogP contribution in [0, 0.1) is 5.82 Å². The number of carbonyl (C=O) groups excluding carboxylic acids is 1. The molecule has 27 heavy (non-hydrogen) atoms. The highest BCUT2D eigenvalue weighted by atomic mass is 79.9. The molecule has 2 aromatic rings. The van der Waals surface area contributed by atoms with Crippen LogP contribution in [0.3, 0.4) is 0 Å². The lowest BCUT2D eigenvalue weighted by molar-refractivity contribution is -0.120. The molecule has 0 radical (unpaired) electrons. The zero-order valence-corrected chi connectivity index (χ0v) is 18.2. The Kier molecular flexibility index (Phi) is 10.5. The summed E-state index contributed by atoms with van der Waals surface area (Å²) in [5.74, 6) is -0.124. The van der Waals surface area contributed by atoms with E-state index in [1.54, 1.807) is 12.1 Å². The average molecular weight is 478 g/mol. The van der Waals surface area contributed by atoms with Gasteiger partial charge in [-0.3, -0.25) is 14.6 Å². The fourth-order valence-corrected chi connectivity index (χ4v) is 3.56. The van der Waals surface area contributed by atoms with Crippen molar-refractivity contribution in [1.82, 2.24) is 9.80 Å². The van der Waals surface area contributed by atoms with E-state index < -0.39 is 0 Å². The SMILES string of the molecule is Cl.Cl.O=C(Cc1ccc(F)c(Br)c1)CN1CCN(Cc2ccccc2)CC1. The maximum absolute atomic E-state index is 13.3. The molecule has 0 aliphatic carbocycles. The standard InChI is InChI=1S/C20H22BrFN2O.2ClH/c21-19-13-17(6-7-20(19)22)12-18(25)15-24-10-8-23(9-11-24)14-16-4-2-1-3-5-16;;/h1-7,13H,8-12,14-15H2;2*1H. The molecular weight excluding hydrogens is 454 g/mol. The molecule has 1 fully saturated rings. The molecule has 0 bridgehead atoms. The van der Waals surface area contributed by atoms with Crippen molar-refractivity contribution in [3.63, 3.8) is 0 Å². The molecule has 7 heteroatoms. The summed E-state index contributed by atoms with van der Waals surface area (Å²) in [5, 5.41) is 0. The Morgan fingerprint density at radius 1 is 0.926 bits per heavy atom. The third-order valence-electron chi connectivity index (χ3n) is 4.50. The highest BCUT2D eigenvalue weighted by molar-refractivity contribution is 9.10. The normalized spacial score (nSPS) is 14.9. The van der Waals surface area contributed by atoms with E-state index in [2.05, 4.69) is 50.0 Å². The van der Waals surface area contributed by atoms with E-state index in [0.29, 0.717) is 17.4 Å². The Balaban J connectivity index is 0.00000182. The Morgan fingerprint density at radius 3 is 2.19 bits per heavy atom. The van der Waals surface area contributed by atoms with Crippen molar-refractivity contribution in [1.29, 1.82) is 0 Å². The largest absolute Gasteiger partial charge is 0.298 e. The fourth-order valence-electron chi connectivity index (χ4n) is 3.13. The number of nitrogens with zero attached hydrogens (tertiary/aromatic N) is 2. The van der Waals surface area contributed by atoms with E-state index in [1.807, 2.05) is 6.07 Å². The van der Waals surface area contributed by atoms with Gasteiger partial charge in [-0.05, 0) is 39.2 Å². The van der Waals surface area contributed by atoms with Crippen LogP contribution in [-0.2, 0) is 17.8 Å². The molecule has 0 amide bonds. The molecule has 1 heterocycles. The summed E-state index contributed by atoms with van der Waals surface area (Å²) in [6, 6.07) is 15.2. The van der Waals surface area contributed by atoms with Gasteiger partial charge >= 0.3 is 0 Å². The van der Waals surface area contributed by atoms with E-state index >= 15 is 0 Å². The number of hydrogen-bond acceptors (Lipinski definition) is 3. The zero-order valence-electron chi connectivity index (χ0n) is 14.9. The van der Waals surface area contributed by atoms with Gasteiger partial charge in [-0.15, -0.1) is 24.8 Å². The molecular formula is C20H24BrCl2FN2O. The van der Waals surface area contributed by atoms with Crippen LogP contribution < -0.4 is 0 Å². The number of hydrogen-bond donors (Lipinski definition) is 0. The number of halogens is 4. The maximum Gasteiger partial charge on any atom is 0.151 e. The minimum Gasteiger partial charge on any atom is -0.298 e. The van der Waals surface area contributed by atoms with Crippen molar-refractivity contribution in [3.8, 4) is 0 Å². The first-order valence-electron chi connectivity index (χ1n) is 8.54. The van der Waals surface area contributed by atoms with E-state index in [1.165, 1.54) is 11.6 Å². The molecule has 0 aromatic heterocycles. The number of benzene rings is 2. The number of rotatable bonds is 6. The Morgan fingerprint density at radius 2 is 1.56 bits per heavy atom. The topological polar surface area (TPSA) is 23.6 Å². The third kappa shape index (κ3) is 7.51. The van der Waals surface area contributed by atoms with Crippen LogP contribution in [-0.4, -0.2) is 48.3 Å². The van der Waals surface area contributed by atoms with Gasteiger partial charge in [0.15, 0.2) is 5.78 Å². The molecule has 2 aromatic carbocycles. The summed E-state index contributed by atoms with van der Waals surface area (Å²) in [4.78, 5) is 16.9. The second-order valence-corrected chi connectivity index (χ2v) is 7.36. The zero-order chi connectivity index (χ0) is 17.6. The average Bonchev–Trinajstić information content (AvgIpc) is 2.61. The smallest absolute Gasteiger partial charge is 0.151 e. The molecule has 3 rings (SSSR count). The minimum atomic E-state index is -0.300. The number of Topliss-reactive ketones (excluding diaryl/α,β-unsaturated/α-hetero) is 1. The first kappa shape index (κ1) is 24.1. The minimum absolute atomic E-state index is 0. The van der Waals surface area contributed by atoms with Gasteiger partial charge in [-0.25, -0.2) is 4.39 Å². The highest BCUT2D eigenvalue weighted by Gasteiger charge is 2.19. The van der Waals surface area contributed by atoms with Crippen LogP contribution >= 0.6 is 40.7 Å². The first-order valence-corrected chi connectivity index (χ1v) is 9.34. The van der Waals surface area contributed by atoms with Crippen LogP contribution in [0.15, 0.2) is 53.0 Å². The predicted molar refractivity (Wildman–Crippen MR) is 115 cm³/mol. The lowest BCUT2D eigenvalue weighted by Crippen LogP contribution is -2.47. The molecule has 3 nitrogen and oxygen atoms in total. The van der Waals surface area contributed by atoms with E-state index in [-0.39, 0.29) is 36.4 Å². The molecule has 1 saturated heterocycles. The number of carbonyl (C=O) groups is 1. The summed E-state index contributed by atoms with van der Waals surface area (Å²) in [5.41, 5.74) is 2.18. The monoisotopic (exact) mass is 476 g/mol. The summed E-state index contributed by atoms with van der Waals surface area (Å²) in [6.07, 6.45) is 0.350. The van der Waals surface area contributed by atoms with Gasteiger partial charge in [0, 0.05) is 39.1 Å². The number of ketones is 1. The molecule has 0 saturated carbocycles. The van der Waals surface area contributed by atoms with Crippen LogP contribution in [0.5, 0.6) is 0 Å². The molecule has 1 aliphatic rings. The highest BCUT2D eigenvalue weighted by Crippen LogP contribution is 2.17. The van der Waals surface area contributed by atoms with Gasteiger partial charge in [0.2, 0.25) is 0 Å². The van der Waals surface area contributed by atoms with E-state index in [9.17, 15) is 9.18 Å². The molecule has 0 atom stereocenters. The van der Waals surface area contributed by atoms with Crippen molar-refractivity contribution < 1.29 is 9.18 Å². The number of piperazine rings is 1. The van der Waals surface area contributed by atoms with Gasteiger partial charge in [0.05, 0.1) is 11.0 Å². The summed E-state index contributed by atoms with van der Waals surface area (Å²) < 4.78 is 13.7. The van der Waals surface area contributed by atoms with Gasteiger partial charge in [0.1, 0.15) is 5.82 Å². The molecule has 0 unspecified atom stereocenters. The predicted octanol–water partition coefficient (Wildman–Crippen LogP) is 4.36. The summed E-state index contributed by atoms with van der Waals surface area (Å²) in [7, 11) is 0. The van der Waals surface area contributed by atoms with Gasteiger partial charge in [-0.2, -0.15) is 0 Å². The van der Waals surface area contributed by atoms with Gasteiger partial charge < -0.3 is 0 Å². The maximum atomic E-state index is 13.3. The van der Waals surface area contributed by atoms with E-state index in [0.717, 1.165) is 38.3 Å². The van der Waals surface area contributed by atoms with Crippen molar-refractivity contribution in [3.05, 3.63) is 69.9 Å². The van der Waals surface area contributed by atoms with Crippen molar-refractivity contribution in [2.45, 2.75) is 13.0 Å². The quantitative estimate of drug-likeness (QED) is 0.617. The van der Waals surface area contributed by atoms with Crippen molar-refractivity contribution >= 4 is 46.5 Å². The van der Waals surface area contributed by atoms with Crippen LogP contribution in [0.1, 0.15) is 11.1 Å². The molecule has 148 valence electrons. The van der Waals surface area contributed by atoms with Crippen molar-refractivity contribution in [2.75, 3.05) is 32.7 Å². The fraction of sp³-hybridized carbons (Fsp3) is 0.350. The van der Waals surface area contributed by atoms with Gasteiger partial charge in [-0.1, -0.05) is 36.4 Å². The second kappa shape index (κ2) is 11.8. The van der Waals surface area contributed by atoms with Gasteiger partial charge in [0.25, 0.3) is 0 Å². The second-order valence-electron chi connectivity index (χ2n) is 6.50. The lowest BCUT2D eigenvalue weighted by Gasteiger charge is -2.34. The van der Waals surface area contributed by atoms with E-state index in [4.69, 9.17) is 0 Å². The van der Waals surface area contributed by atoms with Crippen molar-refractivity contribution in [2.24, 2.45) is 0 Å². The third-order valence-corrected chi connectivity index (χ3v) is 5.11. The first-order chi connectivity index (χ1) is 12.1. The van der Waals surface area contributed by atoms with Crippen LogP contribution in [0.25, 0.3) is 0 Å². The Bertz CT molecular complexity index is 725. The molecule has 0 spiro atoms. The summed E-state index contributed by atoms with van der Waals surface area (Å²) >= 11 is 3.17. The Labute approximate surface area is 180 Å². The molecule has 0 N–H and O–H groups in total. The summed E-state index contributed by atoms with van der Waals surface area (Å²) in [6.45, 7) is 5.20. The van der Waals surface area contributed by atoms with Crippen LogP contribution in [0.2, 0.25) is 0 Å². The Hall–Kier alpha value is -0.980.